The van der Waals surface area contributed by atoms with Crippen molar-refractivity contribution >= 4 is 5.91 Å². The molecule has 27 heavy (non-hydrogen) atoms. The molecule has 7 nitrogen and oxygen atoms in total. The Morgan fingerprint density at radius 3 is 2.07 bits per heavy atom. The van der Waals surface area contributed by atoms with E-state index in [9.17, 15) is 4.79 Å². The Kier molecular flexibility index (Phi) is 6.13. The van der Waals surface area contributed by atoms with Crippen molar-refractivity contribution in [3.05, 3.63) is 47.8 Å². The van der Waals surface area contributed by atoms with E-state index in [4.69, 9.17) is 14.2 Å². The van der Waals surface area contributed by atoms with Gasteiger partial charge in [-0.15, -0.1) is 0 Å². The Labute approximate surface area is 159 Å². The molecule has 0 bridgehead atoms. The molecule has 1 aromatic heterocycles. The van der Waals surface area contributed by atoms with Crippen LogP contribution in [0.1, 0.15) is 15.9 Å². The second kappa shape index (κ2) is 8.73. The number of piperazine rings is 1. The van der Waals surface area contributed by atoms with E-state index in [-0.39, 0.29) is 5.91 Å². The van der Waals surface area contributed by atoms with E-state index in [1.54, 1.807) is 45.9 Å². The zero-order valence-corrected chi connectivity index (χ0v) is 16.0. The van der Waals surface area contributed by atoms with Crippen molar-refractivity contribution in [1.29, 1.82) is 0 Å². The number of methoxy groups -OCH3 is 3. The highest BCUT2D eigenvalue weighted by atomic mass is 16.5. The maximum absolute atomic E-state index is 12.9. The molecule has 144 valence electrons. The van der Waals surface area contributed by atoms with E-state index in [1.165, 1.54) is 5.56 Å². The molecule has 1 aliphatic heterocycles. The van der Waals surface area contributed by atoms with Gasteiger partial charge in [-0.05, 0) is 29.8 Å². The number of amides is 1. The first-order chi connectivity index (χ1) is 13.2. The van der Waals surface area contributed by atoms with E-state index < -0.39 is 0 Å². The number of carbonyl (C=O) groups is 1. The predicted molar refractivity (Wildman–Crippen MR) is 102 cm³/mol. The summed E-state index contributed by atoms with van der Waals surface area (Å²) in [6, 6.07) is 7.45. The number of nitrogens with zero attached hydrogens (tertiary/aromatic N) is 3. The summed E-state index contributed by atoms with van der Waals surface area (Å²) < 4.78 is 16.0. The molecule has 2 aromatic rings. The van der Waals surface area contributed by atoms with Gasteiger partial charge in [0, 0.05) is 50.7 Å². The van der Waals surface area contributed by atoms with Crippen LogP contribution in [0.3, 0.4) is 0 Å². The van der Waals surface area contributed by atoms with E-state index in [1.807, 2.05) is 17.0 Å². The number of benzene rings is 1. The van der Waals surface area contributed by atoms with Crippen LogP contribution in [0.2, 0.25) is 0 Å². The summed E-state index contributed by atoms with van der Waals surface area (Å²) in [6.07, 6.45) is 3.61. The first-order valence-corrected chi connectivity index (χ1v) is 8.86. The van der Waals surface area contributed by atoms with Crippen LogP contribution in [0.25, 0.3) is 0 Å². The van der Waals surface area contributed by atoms with Gasteiger partial charge in [0.25, 0.3) is 5.91 Å². The monoisotopic (exact) mass is 371 g/mol. The van der Waals surface area contributed by atoms with Gasteiger partial charge in [0.1, 0.15) is 0 Å². The van der Waals surface area contributed by atoms with Crippen molar-refractivity contribution in [2.45, 2.75) is 6.54 Å². The molecular formula is C20H25N3O4. The number of carbonyl (C=O) groups excluding carboxylic acids is 1. The SMILES string of the molecule is COc1cc(C(=O)N2CCN(Cc3ccncc3)CC2)cc(OC)c1OC. The Bertz CT molecular complexity index is 749. The second-order valence-corrected chi connectivity index (χ2v) is 6.34. The lowest BCUT2D eigenvalue weighted by Gasteiger charge is -2.35. The second-order valence-electron chi connectivity index (χ2n) is 6.34. The molecule has 0 unspecified atom stereocenters. The molecule has 2 heterocycles. The van der Waals surface area contributed by atoms with Crippen molar-refractivity contribution in [3.8, 4) is 17.2 Å². The Morgan fingerprint density at radius 1 is 0.963 bits per heavy atom. The largest absolute Gasteiger partial charge is 0.493 e. The molecule has 7 heteroatoms. The van der Waals surface area contributed by atoms with Gasteiger partial charge in [0.15, 0.2) is 11.5 Å². The fourth-order valence-corrected chi connectivity index (χ4v) is 3.24. The quantitative estimate of drug-likeness (QED) is 0.775. The van der Waals surface area contributed by atoms with Crippen LogP contribution in [-0.4, -0.2) is 68.2 Å². The van der Waals surface area contributed by atoms with Crippen molar-refractivity contribution in [2.75, 3.05) is 47.5 Å². The number of ether oxygens (including phenoxy) is 3. The zero-order chi connectivity index (χ0) is 19.2. The molecule has 0 N–H and O–H groups in total. The van der Waals surface area contributed by atoms with Gasteiger partial charge >= 0.3 is 0 Å². The topological polar surface area (TPSA) is 64.1 Å². The minimum atomic E-state index is -0.0298. The first kappa shape index (κ1) is 19.0. The van der Waals surface area contributed by atoms with Crippen molar-refractivity contribution in [1.82, 2.24) is 14.8 Å². The van der Waals surface area contributed by atoms with Crippen molar-refractivity contribution in [2.24, 2.45) is 0 Å². The summed E-state index contributed by atoms with van der Waals surface area (Å²) in [5.41, 5.74) is 1.77. The van der Waals surface area contributed by atoms with Crippen molar-refractivity contribution in [3.63, 3.8) is 0 Å². The van der Waals surface area contributed by atoms with Gasteiger partial charge in [0.2, 0.25) is 5.75 Å². The molecule has 1 aromatic carbocycles. The Balaban J connectivity index is 1.67. The summed E-state index contributed by atoms with van der Waals surface area (Å²) in [7, 11) is 4.64. The van der Waals surface area contributed by atoms with Crippen LogP contribution >= 0.6 is 0 Å². The smallest absolute Gasteiger partial charge is 0.254 e. The summed E-state index contributed by atoms with van der Waals surface area (Å²) in [6.45, 7) is 3.90. The van der Waals surface area contributed by atoms with Gasteiger partial charge < -0.3 is 19.1 Å². The van der Waals surface area contributed by atoms with Crippen LogP contribution < -0.4 is 14.2 Å². The molecule has 1 amide bonds. The zero-order valence-electron chi connectivity index (χ0n) is 16.0. The van der Waals surface area contributed by atoms with Gasteiger partial charge in [-0.25, -0.2) is 0 Å². The minimum absolute atomic E-state index is 0.0298. The highest BCUT2D eigenvalue weighted by Crippen LogP contribution is 2.38. The number of hydrogen-bond donors (Lipinski definition) is 0. The van der Waals surface area contributed by atoms with Crippen LogP contribution in [0.15, 0.2) is 36.7 Å². The van der Waals surface area contributed by atoms with E-state index in [0.717, 1.165) is 19.6 Å². The third-order valence-electron chi connectivity index (χ3n) is 4.73. The maximum atomic E-state index is 12.9. The third-order valence-corrected chi connectivity index (χ3v) is 4.73. The van der Waals surface area contributed by atoms with Crippen LogP contribution in [0, 0.1) is 0 Å². The lowest BCUT2D eigenvalue weighted by atomic mass is 10.1. The van der Waals surface area contributed by atoms with Crippen LogP contribution in [-0.2, 0) is 6.54 Å². The normalized spacial score (nSPS) is 14.7. The van der Waals surface area contributed by atoms with E-state index in [0.29, 0.717) is 35.9 Å². The molecule has 0 atom stereocenters. The van der Waals surface area contributed by atoms with Gasteiger partial charge in [-0.1, -0.05) is 0 Å². The average molecular weight is 371 g/mol. The van der Waals surface area contributed by atoms with Crippen LogP contribution in [0.4, 0.5) is 0 Å². The fourth-order valence-electron chi connectivity index (χ4n) is 3.24. The molecule has 0 saturated carbocycles. The van der Waals surface area contributed by atoms with E-state index in [2.05, 4.69) is 9.88 Å². The molecule has 0 aliphatic carbocycles. The highest BCUT2D eigenvalue weighted by molar-refractivity contribution is 5.95. The van der Waals surface area contributed by atoms with Gasteiger partial charge in [-0.2, -0.15) is 0 Å². The van der Waals surface area contributed by atoms with Gasteiger partial charge in [0.05, 0.1) is 21.3 Å². The Hall–Kier alpha value is -2.80. The number of aromatic nitrogens is 1. The first-order valence-electron chi connectivity index (χ1n) is 8.86. The molecule has 0 spiro atoms. The standard InChI is InChI=1S/C20H25N3O4/c1-25-17-12-16(13-18(26-2)19(17)27-3)20(24)23-10-8-22(9-11-23)14-15-4-6-21-7-5-15/h4-7,12-13H,8-11,14H2,1-3H3. The molecule has 1 saturated heterocycles. The molecular weight excluding hydrogens is 346 g/mol. The highest BCUT2D eigenvalue weighted by Gasteiger charge is 2.24. The third kappa shape index (κ3) is 4.31. The number of pyridine rings is 1. The number of rotatable bonds is 6. The maximum Gasteiger partial charge on any atom is 0.254 e. The number of hydrogen-bond acceptors (Lipinski definition) is 6. The van der Waals surface area contributed by atoms with Gasteiger partial charge in [-0.3, -0.25) is 14.7 Å². The lowest BCUT2D eigenvalue weighted by Crippen LogP contribution is -2.48. The van der Waals surface area contributed by atoms with Crippen LogP contribution in [0.5, 0.6) is 17.2 Å². The minimum Gasteiger partial charge on any atom is -0.493 e. The fraction of sp³-hybridized carbons (Fsp3) is 0.400. The predicted octanol–water partition coefficient (Wildman–Crippen LogP) is 2.07. The Morgan fingerprint density at radius 2 is 1.56 bits per heavy atom. The summed E-state index contributed by atoms with van der Waals surface area (Å²) in [5.74, 6) is 1.42. The van der Waals surface area contributed by atoms with E-state index >= 15 is 0 Å². The summed E-state index contributed by atoms with van der Waals surface area (Å²) >= 11 is 0. The average Bonchev–Trinajstić information content (AvgIpc) is 2.73. The molecule has 3 rings (SSSR count). The lowest BCUT2D eigenvalue weighted by molar-refractivity contribution is 0.0627. The molecule has 1 fully saturated rings. The molecule has 0 radical (unpaired) electrons. The summed E-state index contributed by atoms with van der Waals surface area (Å²) in [4.78, 5) is 21.2. The van der Waals surface area contributed by atoms with Crippen molar-refractivity contribution < 1.29 is 19.0 Å². The summed E-state index contributed by atoms with van der Waals surface area (Å²) in [5, 5.41) is 0. The molecule has 1 aliphatic rings.